The van der Waals surface area contributed by atoms with Crippen molar-refractivity contribution in [3.05, 3.63) is 65.1 Å². The van der Waals surface area contributed by atoms with Crippen LogP contribution in [0.15, 0.2) is 48.7 Å². The van der Waals surface area contributed by atoms with Gasteiger partial charge in [0.2, 0.25) is 0 Å². The van der Waals surface area contributed by atoms with E-state index in [0.717, 1.165) is 18.3 Å². The van der Waals surface area contributed by atoms with Crippen molar-refractivity contribution in [2.75, 3.05) is 5.32 Å². The molecule has 9 heteroatoms. The molecule has 2 rings (SSSR count). The molecule has 0 aliphatic heterocycles. The van der Waals surface area contributed by atoms with Gasteiger partial charge in [0, 0.05) is 12.1 Å². The number of para-hydroxylation sites is 1. The zero-order valence-electron chi connectivity index (χ0n) is 12.9. The van der Waals surface area contributed by atoms with Gasteiger partial charge < -0.3 is 15.3 Å². The molecule has 0 aliphatic carbocycles. The predicted octanol–water partition coefficient (Wildman–Crippen LogP) is 2.52. The molecule has 0 fully saturated rings. The van der Waals surface area contributed by atoms with Crippen LogP contribution in [-0.2, 0) is 15.7 Å². The summed E-state index contributed by atoms with van der Waals surface area (Å²) in [5.74, 6) is -2.03. The van der Waals surface area contributed by atoms with Crippen LogP contribution < -0.4 is 10.0 Å². The topological polar surface area (TPSA) is 82.3 Å². The fraction of sp³-hybridized carbons (Fsp3) is 0.188. The van der Waals surface area contributed by atoms with E-state index in [9.17, 15) is 28.0 Å². The SMILES string of the molecule is C[C@@H](OC(=O)c1cccc[n+]1[O-])C(=O)Nc1ccccc1C(F)(F)F. The second-order valence-corrected chi connectivity index (χ2v) is 4.99. The minimum Gasteiger partial charge on any atom is -0.618 e. The minimum absolute atomic E-state index is 0.256. The van der Waals surface area contributed by atoms with Gasteiger partial charge in [0.15, 0.2) is 12.3 Å². The molecule has 1 heterocycles. The molecule has 1 amide bonds. The highest BCUT2D eigenvalue weighted by atomic mass is 19.4. The number of anilines is 1. The van der Waals surface area contributed by atoms with E-state index in [1.54, 1.807) is 0 Å². The Balaban J connectivity index is 2.09. The summed E-state index contributed by atoms with van der Waals surface area (Å²) >= 11 is 0. The van der Waals surface area contributed by atoms with Crippen molar-refractivity contribution in [3.8, 4) is 0 Å². The maximum Gasteiger partial charge on any atom is 0.418 e. The van der Waals surface area contributed by atoms with E-state index in [0.29, 0.717) is 0 Å². The van der Waals surface area contributed by atoms with Crippen LogP contribution in [0.5, 0.6) is 0 Å². The molecule has 1 aromatic carbocycles. The molecular formula is C16H13F3N2O4. The van der Waals surface area contributed by atoms with Crippen LogP contribution in [0.3, 0.4) is 0 Å². The van der Waals surface area contributed by atoms with Gasteiger partial charge in [-0.05, 0) is 25.1 Å². The van der Waals surface area contributed by atoms with Crippen LogP contribution >= 0.6 is 0 Å². The maximum absolute atomic E-state index is 12.9. The Bertz CT molecular complexity index is 793. The highest BCUT2D eigenvalue weighted by Crippen LogP contribution is 2.34. The molecule has 0 unspecified atom stereocenters. The van der Waals surface area contributed by atoms with Gasteiger partial charge in [-0.25, -0.2) is 4.79 Å². The van der Waals surface area contributed by atoms with Crippen molar-refractivity contribution in [2.24, 2.45) is 0 Å². The summed E-state index contributed by atoms with van der Waals surface area (Å²) in [5.41, 5.74) is -1.83. The number of esters is 1. The van der Waals surface area contributed by atoms with E-state index in [1.807, 2.05) is 0 Å². The lowest BCUT2D eigenvalue weighted by atomic mass is 10.1. The van der Waals surface area contributed by atoms with Gasteiger partial charge in [0.1, 0.15) is 0 Å². The van der Waals surface area contributed by atoms with Gasteiger partial charge in [-0.1, -0.05) is 12.1 Å². The minimum atomic E-state index is -4.65. The van der Waals surface area contributed by atoms with E-state index in [-0.39, 0.29) is 10.4 Å². The number of nitrogens with zero attached hydrogens (tertiary/aromatic N) is 1. The largest absolute Gasteiger partial charge is 0.618 e. The molecule has 0 spiro atoms. The highest BCUT2D eigenvalue weighted by Gasteiger charge is 2.34. The average molecular weight is 354 g/mol. The Morgan fingerprint density at radius 2 is 1.80 bits per heavy atom. The molecule has 0 aliphatic rings. The van der Waals surface area contributed by atoms with Crippen LogP contribution in [0.25, 0.3) is 0 Å². The Labute approximate surface area is 140 Å². The number of amides is 1. The Hall–Kier alpha value is -3.10. The van der Waals surface area contributed by atoms with Gasteiger partial charge in [0.25, 0.3) is 5.91 Å². The van der Waals surface area contributed by atoms with Crippen LogP contribution in [-0.4, -0.2) is 18.0 Å². The molecule has 1 N–H and O–H groups in total. The van der Waals surface area contributed by atoms with Crippen LogP contribution in [0.4, 0.5) is 18.9 Å². The molecule has 25 heavy (non-hydrogen) atoms. The van der Waals surface area contributed by atoms with E-state index in [2.05, 4.69) is 5.32 Å². The second kappa shape index (κ2) is 7.20. The van der Waals surface area contributed by atoms with Crippen LogP contribution in [0, 0.1) is 5.21 Å². The summed E-state index contributed by atoms with van der Waals surface area (Å²) in [5, 5.41) is 13.5. The quantitative estimate of drug-likeness (QED) is 0.520. The third kappa shape index (κ3) is 4.46. The van der Waals surface area contributed by atoms with Crippen molar-refractivity contribution in [2.45, 2.75) is 19.2 Å². The Kier molecular flexibility index (Phi) is 5.26. The number of carbonyl (C=O) groups is 2. The number of nitrogens with one attached hydrogen (secondary N) is 1. The number of pyridine rings is 1. The third-order valence-corrected chi connectivity index (χ3v) is 3.18. The number of benzene rings is 1. The summed E-state index contributed by atoms with van der Waals surface area (Å²) in [6.45, 7) is 1.18. The van der Waals surface area contributed by atoms with Crippen molar-refractivity contribution in [1.82, 2.24) is 0 Å². The Morgan fingerprint density at radius 1 is 1.16 bits per heavy atom. The standard InChI is InChI=1S/C16H13F3N2O4/c1-10(25-15(23)13-8-4-5-9-21(13)24)14(22)20-12-7-3-2-6-11(12)16(17,18)19/h2-10H,1H3,(H,20,22)/t10-/m1/s1. The van der Waals surface area contributed by atoms with Gasteiger partial charge in [-0.15, -0.1) is 0 Å². The van der Waals surface area contributed by atoms with Crippen molar-refractivity contribution >= 4 is 17.6 Å². The first kappa shape index (κ1) is 18.2. The number of hydrogen-bond acceptors (Lipinski definition) is 4. The molecule has 132 valence electrons. The molecule has 0 saturated carbocycles. The van der Waals surface area contributed by atoms with E-state index in [4.69, 9.17) is 4.74 Å². The number of ether oxygens (including phenoxy) is 1. The number of alkyl halides is 3. The lowest BCUT2D eigenvalue weighted by Gasteiger charge is -2.16. The Morgan fingerprint density at radius 3 is 2.44 bits per heavy atom. The van der Waals surface area contributed by atoms with E-state index < -0.39 is 35.4 Å². The number of hydrogen-bond donors (Lipinski definition) is 1. The predicted molar refractivity (Wildman–Crippen MR) is 80.4 cm³/mol. The maximum atomic E-state index is 12.9. The second-order valence-electron chi connectivity index (χ2n) is 4.99. The molecule has 6 nitrogen and oxygen atoms in total. The zero-order chi connectivity index (χ0) is 18.6. The van der Waals surface area contributed by atoms with Crippen molar-refractivity contribution in [1.29, 1.82) is 0 Å². The molecule has 0 saturated heterocycles. The normalized spacial score (nSPS) is 12.3. The zero-order valence-corrected chi connectivity index (χ0v) is 12.9. The lowest BCUT2D eigenvalue weighted by Crippen LogP contribution is -2.37. The number of rotatable bonds is 4. The fourth-order valence-electron chi connectivity index (χ4n) is 1.93. The third-order valence-electron chi connectivity index (χ3n) is 3.18. The summed E-state index contributed by atoms with van der Waals surface area (Å²) in [4.78, 5) is 23.9. The number of carbonyl (C=O) groups excluding carboxylic acids is 2. The van der Waals surface area contributed by atoms with Crippen LogP contribution in [0.1, 0.15) is 23.0 Å². The molecule has 1 atom stereocenters. The molecule has 1 aromatic heterocycles. The van der Waals surface area contributed by atoms with Gasteiger partial charge >= 0.3 is 17.8 Å². The van der Waals surface area contributed by atoms with Crippen molar-refractivity contribution in [3.63, 3.8) is 0 Å². The van der Waals surface area contributed by atoms with E-state index in [1.165, 1.54) is 37.3 Å². The van der Waals surface area contributed by atoms with E-state index >= 15 is 0 Å². The average Bonchev–Trinajstić information content (AvgIpc) is 2.54. The summed E-state index contributed by atoms with van der Waals surface area (Å²) < 4.78 is 43.8. The van der Waals surface area contributed by atoms with Gasteiger partial charge in [-0.3, -0.25) is 4.79 Å². The highest BCUT2D eigenvalue weighted by molar-refractivity contribution is 5.97. The van der Waals surface area contributed by atoms with Crippen molar-refractivity contribution < 1.29 is 32.2 Å². The first-order valence-electron chi connectivity index (χ1n) is 7.06. The first-order chi connectivity index (χ1) is 11.7. The van der Waals surface area contributed by atoms with Crippen LogP contribution in [0.2, 0.25) is 0 Å². The smallest absolute Gasteiger partial charge is 0.418 e. The number of halogens is 3. The molecular weight excluding hydrogens is 341 g/mol. The number of aromatic nitrogens is 1. The molecule has 0 radical (unpaired) electrons. The van der Waals surface area contributed by atoms with Gasteiger partial charge in [0.05, 0.1) is 11.3 Å². The summed E-state index contributed by atoms with van der Waals surface area (Å²) in [6.07, 6.45) is -4.99. The lowest BCUT2D eigenvalue weighted by molar-refractivity contribution is -0.608. The van der Waals surface area contributed by atoms with Gasteiger partial charge in [-0.2, -0.15) is 17.9 Å². The monoisotopic (exact) mass is 354 g/mol. The molecule has 2 aromatic rings. The first-order valence-corrected chi connectivity index (χ1v) is 7.06. The summed E-state index contributed by atoms with van der Waals surface area (Å²) in [7, 11) is 0. The fourth-order valence-corrected chi connectivity index (χ4v) is 1.93. The molecule has 0 bridgehead atoms. The summed E-state index contributed by atoms with van der Waals surface area (Å²) in [6, 6.07) is 8.42.